The number of carbonyl (C=O) groups is 4. The molecular weight excluding hydrogens is 514 g/mol. The third kappa shape index (κ3) is 9.27. The van der Waals surface area contributed by atoms with Gasteiger partial charge in [0.15, 0.2) is 23.2 Å². The van der Waals surface area contributed by atoms with Crippen LogP contribution in [0.15, 0.2) is 54.6 Å². The van der Waals surface area contributed by atoms with Gasteiger partial charge in [0.2, 0.25) is 6.10 Å². The van der Waals surface area contributed by atoms with E-state index in [1.54, 1.807) is 6.07 Å². The summed E-state index contributed by atoms with van der Waals surface area (Å²) < 4.78 is 17.5. The molecule has 0 aliphatic carbocycles. The van der Waals surface area contributed by atoms with Crippen LogP contribution in [0.2, 0.25) is 0 Å². The number of likely N-dealkylation sites (N-methyl/N-ethyl adjacent to an activating group) is 1. The van der Waals surface area contributed by atoms with E-state index in [9.17, 15) is 19.2 Å². The average Bonchev–Trinajstić information content (AvgIpc) is 2.90. The van der Waals surface area contributed by atoms with Crippen LogP contribution in [0.25, 0.3) is 0 Å². The number of benzene rings is 2. The number of para-hydroxylation sites is 2. The van der Waals surface area contributed by atoms with E-state index in [1.807, 2.05) is 48.5 Å². The zero-order chi connectivity index (χ0) is 29.0. The van der Waals surface area contributed by atoms with Crippen molar-refractivity contribution in [3.63, 3.8) is 0 Å². The topological polar surface area (TPSA) is 180 Å². The molecule has 39 heavy (non-hydrogen) atoms. The predicted octanol–water partition coefficient (Wildman–Crippen LogP) is 2.20. The highest BCUT2D eigenvalue weighted by molar-refractivity contribution is 5.88. The highest BCUT2D eigenvalue weighted by Gasteiger charge is 2.41. The number of aliphatic carboxylic acids is 3. The van der Waals surface area contributed by atoms with Gasteiger partial charge in [-0.2, -0.15) is 0 Å². The van der Waals surface area contributed by atoms with Gasteiger partial charge in [0, 0.05) is 6.54 Å². The molecule has 0 aromatic heterocycles. The van der Waals surface area contributed by atoms with E-state index >= 15 is 0 Å². The van der Waals surface area contributed by atoms with Crippen molar-refractivity contribution >= 4 is 23.9 Å². The van der Waals surface area contributed by atoms with Crippen LogP contribution in [0, 0.1) is 0 Å². The summed E-state index contributed by atoms with van der Waals surface area (Å²) in [6, 6.07) is 17.0. The van der Waals surface area contributed by atoms with E-state index in [-0.39, 0.29) is 0 Å². The third-order valence-electron chi connectivity index (χ3n) is 5.82. The number of aliphatic hydroxyl groups is 1. The lowest BCUT2D eigenvalue weighted by Crippen LogP contribution is -2.42. The van der Waals surface area contributed by atoms with E-state index in [4.69, 9.17) is 34.6 Å². The molecule has 1 aliphatic rings. The maximum absolute atomic E-state index is 12.7. The zero-order valence-corrected chi connectivity index (χ0v) is 21.7. The lowest BCUT2D eigenvalue weighted by atomic mass is 9.96. The van der Waals surface area contributed by atoms with Crippen molar-refractivity contribution in [1.82, 2.24) is 4.90 Å². The molecule has 0 unspecified atom stereocenters. The lowest BCUT2D eigenvalue weighted by Gasteiger charge is -2.33. The van der Waals surface area contributed by atoms with Crippen molar-refractivity contribution in [3.05, 3.63) is 60.2 Å². The smallest absolute Gasteiger partial charge is 0.351 e. The molecule has 1 heterocycles. The minimum atomic E-state index is -2.74. The molecule has 1 aliphatic heterocycles. The van der Waals surface area contributed by atoms with Crippen LogP contribution in [-0.2, 0) is 23.9 Å². The van der Waals surface area contributed by atoms with Gasteiger partial charge in [0.05, 0.1) is 12.8 Å². The van der Waals surface area contributed by atoms with E-state index in [0.29, 0.717) is 24.7 Å². The Morgan fingerprint density at radius 3 is 1.85 bits per heavy atom. The van der Waals surface area contributed by atoms with Crippen molar-refractivity contribution in [1.29, 1.82) is 0 Å². The van der Waals surface area contributed by atoms with Crippen LogP contribution in [0.5, 0.6) is 11.5 Å². The minimum absolute atomic E-state index is 0.337. The number of carboxylic acid groups (broad SMARTS) is 3. The second-order valence-electron chi connectivity index (χ2n) is 8.61. The first-order chi connectivity index (χ1) is 18.5. The van der Waals surface area contributed by atoms with Crippen LogP contribution in [0.3, 0.4) is 0 Å². The molecule has 12 nitrogen and oxygen atoms in total. The molecule has 0 fully saturated rings. The average molecular weight is 548 g/mol. The van der Waals surface area contributed by atoms with Gasteiger partial charge in [0.25, 0.3) is 0 Å². The number of ether oxygens (including phenoxy) is 3. The second-order valence-corrected chi connectivity index (χ2v) is 8.61. The van der Waals surface area contributed by atoms with Gasteiger partial charge in [-0.25, -0.2) is 9.59 Å². The van der Waals surface area contributed by atoms with E-state index < -0.39 is 54.5 Å². The van der Waals surface area contributed by atoms with E-state index in [2.05, 4.69) is 18.7 Å². The minimum Gasteiger partial charge on any atom is -0.481 e. The third-order valence-corrected chi connectivity index (χ3v) is 5.82. The number of carbonyl (C=O) groups excluding carboxylic acids is 1. The molecule has 0 saturated carbocycles. The van der Waals surface area contributed by atoms with Gasteiger partial charge in [-0.05, 0) is 30.8 Å². The van der Waals surface area contributed by atoms with Crippen LogP contribution in [0.1, 0.15) is 38.4 Å². The zero-order valence-electron chi connectivity index (χ0n) is 21.7. The summed E-state index contributed by atoms with van der Waals surface area (Å²) in [5.41, 5.74) is -1.86. The van der Waals surface area contributed by atoms with Gasteiger partial charge in [0.1, 0.15) is 6.61 Å². The molecule has 212 valence electrons. The number of hydrogen-bond acceptors (Lipinski definition) is 9. The van der Waals surface area contributed by atoms with E-state index in [0.717, 1.165) is 18.7 Å². The van der Waals surface area contributed by atoms with Crippen molar-refractivity contribution in [3.8, 4) is 11.5 Å². The quantitative estimate of drug-likeness (QED) is 0.285. The Balaban J connectivity index is 0.000000349. The molecule has 0 bridgehead atoms. The molecule has 2 atom stereocenters. The van der Waals surface area contributed by atoms with Gasteiger partial charge in [-0.3, -0.25) is 9.59 Å². The Kier molecular flexibility index (Phi) is 11.7. The number of rotatable bonds is 12. The normalized spacial score (nSPS) is 16.0. The first-order valence-corrected chi connectivity index (χ1v) is 12.3. The number of esters is 1. The highest BCUT2D eigenvalue weighted by atomic mass is 16.6. The van der Waals surface area contributed by atoms with Crippen LogP contribution in [-0.4, -0.2) is 87.1 Å². The molecule has 0 radical (unpaired) electrons. The van der Waals surface area contributed by atoms with Gasteiger partial charge in [-0.15, -0.1) is 0 Å². The molecule has 0 spiro atoms. The molecule has 4 N–H and O–H groups in total. The summed E-state index contributed by atoms with van der Waals surface area (Å²) in [5.74, 6) is -4.23. The van der Waals surface area contributed by atoms with Gasteiger partial charge < -0.3 is 39.5 Å². The number of carboxylic acids is 3. The van der Waals surface area contributed by atoms with Crippen molar-refractivity contribution in [2.75, 3.05) is 26.2 Å². The monoisotopic (exact) mass is 547 g/mol. The van der Waals surface area contributed by atoms with Crippen LogP contribution in [0.4, 0.5) is 0 Å². The first kappa shape index (κ1) is 31.1. The molecule has 0 saturated heterocycles. The maximum atomic E-state index is 12.7. The molecule has 3 rings (SSSR count). The summed E-state index contributed by atoms with van der Waals surface area (Å²) >= 11 is 0. The fourth-order valence-corrected chi connectivity index (χ4v) is 3.71. The lowest BCUT2D eigenvalue weighted by molar-refractivity contribution is -0.170. The summed E-state index contributed by atoms with van der Waals surface area (Å²) in [5, 5.41) is 33.8. The highest BCUT2D eigenvalue weighted by Crippen LogP contribution is 2.39. The Hall–Kier alpha value is -4.16. The molecule has 0 amide bonds. The van der Waals surface area contributed by atoms with Crippen molar-refractivity contribution in [2.45, 2.75) is 44.5 Å². The summed E-state index contributed by atoms with van der Waals surface area (Å²) in [6.07, 6.45) is -3.65. The fourth-order valence-electron chi connectivity index (χ4n) is 3.71. The van der Waals surface area contributed by atoms with Crippen molar-refractivity contribution < 1.29 is 53.8 Å². The van der Waals surface area contributed by atoms with Gasteiger partial charge in [-0.1, -0.05) is 56.3 Å². The predicted molar refractivity (Wildman–Crippen MR) is 137 cm³/mol. The summed E-state index contributed by atoms with van der Waals surface area (Å²) in [6.45, 7) is 7.08. The van der Waals surface area contributed by atoms with Crippen LogP contribution >= 0.6 is 0 Å². The largest absolute Gasteiger partial charge is 0.481 e. The molecule has 12 heteroatoms. The Morgan fingerprint density at radius 1 is 0.846 bits per heavy atom. The first-order valence-electron chi connectivity index (χ1n) is 12.3. The van der Waals surface area contributed by atoms with E-state index in [1.165, 1.54) is 0 Å². The Morgan fingerprint density at radius 2 is 1.36 bits per heavy atom. The molecule has 2 aromatic carbocycles. The van der Waals surface area contributed by atoms with Gasteiger partial charge >= 0.3 is 23.9 Å². The number of fused-ring (bicyclic) bond motifs is 1. The van der Waals surface area contributed by atoms with Crippen LogP contribution < -0.4 is 9.47 Å². The second kappa shape index (κ2) is 14.7. The summed E-state index contributed by atoms with van der Waals surface area (Å²) in [7, 11) is 0. The fraction of sp³-hybridized carbons (Fsp3) is 0.407. The maximum Gasteiger partial charge on any atom is 0.351 e. The summed E-state index contributed by atoms with van der Waals surface area (Å²) in [4.78, 5) is 45.4. The standard InChI is InChI=1S/C21H25NO4.C6H8O7/c1-3-22(4-2)14-15-24-21(23)20-19(16-10-6-5-7-11-16)25-17-12-8-9-13-18(17)26-20;7-3(8)1-6(13,5(11)12)2-4(9)10/h5-13,19-20H,3-4,14-15H2,1-2H3;13H,1-2H2,(H,7,8)(H,9,10)(H,11,12)/t19-,20+;/m1./s1. The SMILES string of the molecule is CCN(CC)CCOC(=O)[C@H]1Oc2ccccc2O[C@@H]1c1ccccc1.O=C(O)CC(O)(CC(=O)O)C(=O)O. The molecular formula is C27H33NO11. The Bertz CT molecular complexity index is 1100. The molecule has 2 aromatic rings. The number of nitrogens with zero attached hydrogens (tertiary/aromatic N) is 1. The number of hydrogen-bond donors (Lipinski definition) is 4. The van der Waals surface area contributed by atoms with Crippen molar-refractivity contribution in [2.24, 2.45) is 0 Å². The Labute approximate surface area is 225 Å².